The van der Waals surface area contributed by atoms with Crippen molar-refractivity contribution in [3.05, 3.63) is 0 Å². The van der Waals surface area contributed by atoms with Crippen LogP contribution < -0.4 is 5.73 Å². The van der Waals surface area contributed by atoms with E-state index in [1.54, 1.807) is 0 Å². The van der Waals surface area contributed by atoms with Crippen molar-refractivity contribution in [2.24, 2.45) is 17.1 Å². The zero-order valence-electron chi connectivity index (χ0n) is 12.7. The highest BCUT2D eigenvalue weighted by Crippen LogP contribution is 2.40. The molecule has 0 aromatic carbocycles. The molecule has 6 atom stereocenters. The molecule has 2 N–H and O–H groups in total. The topological polar surface area (TPSA) is 52.3 Å². The second kappa shape index (κ2) is 5.82. The van der Waals surface area contributed by atoms with E-state index in [1.807, 2.05) is 6.92 Å². The monoisotopic (exact) mass is 287 g/mol. The van der Waals surface area contributed by atoms with Crippen LogP contribution in [0.4, 0.5) is 0 Å². The molecule has 1 aliphatic carbocycles. The molecular formula is C15H29NO2S. The van der Waals surface area contributed by atoms with Crippen LogP contribution >= 0.6 is 0 Å². The van der Waals surface area contributed by atoms with Crippen LogP contribution in [-0.4, -0.2) is 33.5 Å². The molecule has 1 saturated carbocycles. The maximum absolute atomic E-state index is 12.8. The zero-order valence-corrected chi connectivity index (χ0v) is 13.5. The Bertz CT molecular complexity index is 340. The zero-order chi connectivity index (χ0) is 14.2. The van der Waals surface area contributed by atoms with Crippen LogP contribution in [-0.2, 0) is 15.5 Å². The van der Waals surface area contributed by atoms with Crippen LogP contribution in [0.15, 0.2) is 0 Å². The smallest absolute Gasteiger partial charge is 0.0691 e. The first-order valence-electron chi connectivity index (χ1n) is 7.57. The fourth-order valence-corrected chi connectivity index (χ4v) is 5.58. The van der Waals surface area contributed by atoms with E-state index < -0.39 is 10.8 Å². The van der Waals surface area contributed by atoms with Gasteiger partial charge in [0.1, 0.15) is 0 Å². The van der Waals surface area contributed by atoms with E-state index in [0.717, 1.165) is 25.9 Å². The summed E-state index contributed by atoms with van der Waals surface area (Å²) >= 11 is 0. The molecule has 0 aromatic rings. The lowest BCUT2D eigenvalue weighted by molar-refractivity contribution is 0.126. The first-order valence-corrected chi connectivity index (χ1v) is 8.85. The normalized spacial score (nSPS) is 42.3. The molecule has 2 rings (SSSR count). The molecule has 1 aliphatic heterocycles. The van der Waals surface area contributed by atoms with Gasteiger partial charge in [-0.25, -0.2) is 0 Å². The standard InChI is InChI=1S/C15H29NO2S/c1-10-13(7-8-18-10)19(17)14-9-11(15(2,3)4)5-6-12(14)16/h10-14H,5-9,16H2,1-4H3. The van der Waals surface area contributed by atoms with E-state index in [0.29, 0.717) is 11.3 Å². The van der Waals surface area contributed by atoms with Gasteiger partial charge in [0.2, 0.25) is 0 Å². The van der Waals surface area contributed by atoms with Gasteiger partial charge in [-0.3, -0.25) is 4.21 Å². The Morgan fingerprint density at radius 2 is 1.84 bits per heavy atom. The maximum atomic E-state index is 12.8. The average Bonchev–Trinajstić information content (AvgIpc) is 2.73. The lowest BCUT2D eigenvalue weighted by Gasteiger charge is -2.41. The van der Waals surface area contributed by atoms with E-state index in [-0.39, 0.29) is 22.6 Å². The minimum absolute atomic E-state index is 0.104. The predicted molar refractivity (Wildman–Crippen MR) is 80.5 cm³/mol. The Labute approximate surface area is 120 Å². The highest BCUT2D eigenvalue weighted by molar-refractivity contribution is 7.86. The molecule has 2 fully saturated rings. The second-order valence-electron chi connectivity index (χ2n) is 7.31. The van der Waals surface area contributed by atoms with Crippen molar-refractivity contribution < 1.29 is 8.95 Å². The molecule has 6 unspecified atom stereocenters. The molecule has 112 valence electrons. The number of rotatable bonds is 2. The summed E-state index contributed by atoms with van der Waals surface area (Å²) in [5.74, 6) is 0.638. The molecule has 19 heavy (non-hydrogen) atoms. The maximum Gasteiger partial charge on any atom is 0.0691 e. The molecule has 0 spiro atoms. The molecule has 3 nitrogen and oxygen atoms in total. The summed E-state index contributed by atoms with van der Waals surface area (Å²) < 4.78 is 18.4. The van der Waals surface area contributed by atoms with Crippen molar-refractivity contribution in [3.8, 4) is 0 Å². The van der Waals surface area contributed by atoms with Gasteiger partial charge in [0.25, 0.3) is 0 Å². The Morgan fingerprint density at radius 1 is 1.16 bits per heavy atom. The Morgan fingerprint density at radius 3 is 2.37 bits per heavy atom. The predicted octanol–water partition coefficient (Wildman–Crippen LogP) is 2.45. The summed E-state index contributed by atoms with van der Waals surface area (Å²) in [5.41, 5.74) is 6.56. The first kappa shape index (κ1) is 15.5. The minimum atomic E-state index is -0.847. The Balaban J connectivity index is 2.06. The molecular weight excluding hydrogens is 258 g/mol. The lowest BCUT2D eigenvalue weighted by Crippen LogP contribution is -2.48. The molecule has 4 heteroatoms. The number of hydrogen-bond donors (Lipinski definition) is 1. The third-order valence-electron chi connectivity index (χ3n) is 4.97. The van der Waals surface area contributed by atoms with Crippen molar-refractivity contribution >= 4 is 10.8 Å². The summed E-state index contributed by atoms with van der Waals surface area (Å²) in [6.07, 6.45) is 4.26. The average molecular weight is 287 g/mol. The summed E-state index contributed by atoms with van der Waals surface area (Å²) in [6.45, 7) is 9.66. The van der Waals surface area contributed by atoms with Gasteiger partial charge in [-0.2, -0.15) is 0 Å². The SMILES string of the molecule is CC1OCCC1S(=O)C1CC(C(C)(C)C)CCC1N. The van der Waals surface area contributed by atoms with Gasteiger partial charge in [0.05, 0.1) is 16.6 Å². The number of ether oxygens (including phenoxy) is 1. The van der Waals surface area contributed by atoms with E-state index >= 15 is 0 Å². The van der Waals surface area contributed by atoms with E-state index in [4.69, 9.17) is 10.5 Å². The quantitative estimate of drug-likeness (QED) is 0.849. The Kier molecular flexibility index (Phi) is 4.74. The van der Waals surface area contributed by atoms with Gasteiger partial charge in [-0.1, -0.05) is 20.8 Å². The van der Waals surface area contributed by atoms with Crippen molar-refractivity contribution in [3.63, 3.8) is 0 Å². The summed E-state index contributed by atoms with van der Waals surface area (Å²) in [4.78, 5) is 0. The molecule has 0 radical (unpaired) electrons. The second-order valence-corrected chi connectivity index (χ2v) is 9.18. The van der Waals surface area contributed by atoms with Crippen LogP contribution in [0.3, 0.4) is 0 Å². The van der Waals surface area contributed by atoms with E-state index in [1.165, 1.54) is 6.42 Å². The van der Waals surface area contributed by atoms with Gasteiger partial charge in [-0.15, -0.1) is 0 Å². The van der Waals surface area contributed by atoms with Crippen molar-refractivity contribution in [2.75, 3.05) is 6.61 Å². The van der Waals surface area contributed by atoms with E-state index in [9.17, 15) is 4.21 Å². The largest absolute Gasteiger partial charge is 0.377 e. The first-order chi connectivity index (χ1) is 8.80. The fraction of sp³-hybridized carbons (Fsp3) is 1.00. The molecule has 2 aliphatic rings. The van der Waals surface area contributed by atoms with Crippen molar-refractivity contribution in [2.45, 2.75) is 76.0 Å². The van der Waals surface area contributed by atoms with Crippen LogP contribution in [0.1, 0.15) is 53.4 Å². The van der Waals surface area contributed by atoms with Crippen LogP contribution in [0.25, 0.3) is 0 Å². The third kappa shape index (κ3) is 3.40. The van der Waals surface area contributed by atoms with Gasteiger partial charge < -0.3 is 10.5 Å². The van der Waals surface area contributed by atoms with Gasteiger partial charge in [-0.05, 0) is 43.9 Å². The fourth-order valence-electron chi connectivity index (χ4n) is 3.45. The highest BCUT2D eigenvalue weighted by Gasteiger charge is 2.41. The summed E-state index contributed by atoms with van der Waals surface area (Å²) in [7, 11) is -0.847. The summed E-state index contributed by atoms with van der Waals surface area (Å²) in [5, 5.41) is 0.349. The molecule has 1 saturated heterocycles. The van der Waals surface area contributed by atoms with Crippen LogP contribution in [0.2, 0.25) is 0 Å². The van der Waals surface area contributed by atoms with Crippen molar-refractivity contribution in [1.29, 1.82) is 0 Å². The highest BCUT2D eigenvalue weighted by atomic mass is 32.2. The van der Waals surface area contributed by atoms with Crippen LogP contribution in [0, 0.1) is 11.3 Å². The number of nitrogens with two attached hydrogens (primary N) is 1. The van der Waals surface area contributed by atoms with E-state index in [2.05, 4.69) is 20.8 Å². The Hall–Kier alpha value is 0.0700. The van der Waals surface area contributed by atoms with Crippen LogP contribution in [0.5, 0.6) is 0 Å². The van der Waals surface area contributed by atoms with Gasteiger partial charge >= 0.3 is 0 Å². The number of hydrogen-bond acceptors (Lipinski definition) is 3. The van der Waals surface area contributed by atoms with Gasteiger partial charge in [0, 0.05) is 23.4 Å². The minimum Gasteiger partial charge on any atom is -0.377 e. The molecule has 0 amide bonds. The van der Waals surface area contributed by atoms with Crippen molar-refractivity contribution in [1.82, 2.24) is 0 Å². The molecule has 1 heterocycles. The lowest BCUT2D eigenvalue weighted by atomic mass is 9.71. The van der Waals surface area contributed by atoms with Gasteiger partial charge in [0.15, 0.2) is 0 Å². The third-order valence-corrected chi connectivity index (χ3v) is 7.33. The molecule has 0 bridgehead atoms. The summed E-state index contributed by atoms with van der Waals surface area (Å²) in [6, 6.07) is 0.104. The molecule has 0 aromatic heterocycles.